The van der Waals surface area contributed by atoms with Gasteiger partial charge in [-0.05, 0) is 49.9 Å². The van der Waals surface area contributed by atoms with Crippen molar-refractivity contribution in [3.63, 3.8) is 0 Å². The molecule has 0 aliphatic rings. The zero-order valence-electron chi connectivity index (χ0n) is 16.6. The van der Waals surface area contributed by atoms with E-state index in [1.807, 2.05) is 0 Å². The number of hydrogen-bond acceptors (Lipinski definition) is 4. The van der Waals surface area contributed by atoms with E-state index in [0.717, 1.165) is 12.1 Å². The lowest BCUT2D eigenvalue weighted by atomic mass is 10.1. The van der Waals surface area contributed by atoms with Gasteiger partial charge in [0.1, 0.15) is 0 Å². The Morgan fingerprint density at radius 2 is 1.87 bits per heavy atom. The predicted molar refractivity (Wildman–Crippen MR) is 106 cm³/mol. The molecule has 11 heteroatoms. The largest absolute Gasteiger partial charge is 0.490 e. The summed E-state index contributed by atoms with van der Waals surface area (Å²) in [5.41, 5.74) is -0.822. The first-order valence-electron chi connectivity index (χ1n) is 9.05. The summed E-state index contributed by atoms with van der Waals surface area (Å²) in [4.78, 5) is 13.8. The number of benzene rings is 2. The average Bonchev–Trinajstić information content (AvgIpc) is 2.64. The maximum absolute atomic E-state index is 13.2. The van der Waals surface area contributed by atoms with Gasteiger partial charge < -0.3 is 14.8 Å². The fourth-order valence-electron chi connectivity index (χ4n) is 2.77. The van der Waals surface area contributed by atoms with Gasteiger partial charge in [0.2, 0.25) is 5.91 Å². The first kappa shape index (κ1) is 24.7. The summed E-state index contributed by atoms with van der Waals surface area (Å²) in [6.07, 6.45) is -4.68. The number of halogens is 6. The summed E-state index contributed by atoms with van der Waals surface area (Å²) in [5, 5.41) is 2.13. The molecule has 5 nitrogen and oxygen atoms in total. The van der Waals surface area contributed by atoms with Crippen LogP contribution < -0.4 is 14.8 Å². The number of nitrogens with one attached hydrogen (secondary N) is 1. The lowest BCUT2D eigenvalue weighted by Gasteiger charge is -2.19. The molecule has 0 bridgehead atoms. The van der Waals surface area contributed by atoms with Crippen molar-refractivity contribution in [2.24, 2.45) is 0 Å². The van der Waals surface area contributed by atoms with E-state index >= 15 is 0 Å². The van der Waals surface area contributed by atoms with E-state index in [-0.39, 0.29) is 36.2 Å². The molecule has 0 heterocycles. The number of alkyl halides is 5. The summed E-state index contributed by atoms with van der Waals surface area (Å²) in [6, 6.07) is 7.41. The molecule has 2 rings (SSSR count). The van der Waals surface area contributed by atoms with E-state index in [2.05, 4.69) is 10.1 Å². The number of likely N-dealkylation sites (N-methyl/N-ethyl adjacent to an activating group) is 1. The summed E-state index contributed by atoms with van der Waals surface area (Å²) >= 11 is 5.63. The van der Waals surface area contributed by atoms with E-state index in [1.165, 1.54) is 29.2 Å². The Morgan fingerprint density at radius 1 is 1.16 bits per heavy atom. The SMILES string of the molecule is CCOc1cc(CN(C)CC(=O)Nc2ccc(Cl)cc2C(F)(F)F)ccc1OC(F)F. The van der Waals surface area contributed by atoms with Crippen LogP contribution in [-0.4, -0.2) is 37.6 Å². The first-order chi connectivity index (χ1) is 14.5. The smallest absolute Gasteiger partial charge is 0.418 e. The Labute approximate surface area is 180 Å². The molecule has 31 heavy (non-hydrogen) atoms. The minimum atomic E-state index is -4.68. The molecule has 0 unspecified atom stereocenters. The average molecular weight is 467 g/mol. The van der Waals surface area contributed by atoms with Gasteiger partial charge in [0, 0.05) is 11.6 Å². The zero-order valence-corrected chi connectivity index (χ0v) is 17.4. The van der Waals surface area contributed by atoms with Crippen LogP contribution in [0.1, 0.15) is 18.1 Å². The molecule has 170 valence electrons. The molecule has 1 N–H and O–H groups in total. The topological polar surface area (TPSA) is 50.8 Å². The molecule has 0 aliphatic carbocycles. The lowest BCUT2D eigenvalue weighted by Crippen LogP contribution is -2.30. The van der Waals surface area contributed by atoms with Crippen LogP contribution in [0.15, 0.2) is 36.4 Å². The van der Waals surface area contributed by atoms with Gasteiger partial charge in [-0.3, -0.25) is 9.69 Å². The van der Waals surface area contributed by atoms with Gasteiger partial charge in [-0.2, -0.15) is 22.0 Å². The molecule has 0 atom stereocenters. The number of amides is 1. The van der Waals surface area contributed by atoms with Gasteiger partial charge >= 0.3 is 12.8 Å². The van der Waals surface area contributed by atoms with E-state index in [9.17, 15) is 26.7 Å². The Kier molecular flexibility index (Phi) is 8.46. The monoisotopic (exact) mass is 466 g/mol. The molecule has 2 aromatic carbocycles. The standard InChI is InChI=1S/C20H20ClF5N2O3/c1-3-30-17-8-12(4-7-16(17)31-19(22)23)10-28(2)11-18(29)27-15-6-5-13(21)9-14(15)20(24,25)26/h4-9,19H,3,10-11H2,1-2H3,(H,27,29). The van der Waals surface area contributed by atoms with Crippen LogP contribution in [-0.2, 0) is 17.5 Å². The molecule has 1 amide bonds. The van der Waals surface area contributed by atoms with Crippen LogP contribution in [0.3, 0.4) is 0 Å². The van der Waals surface area contributed by atoms with Crippen LogP contribution in [0.4, 0.5) is 27.6 Å². The minimum Gasteiger partial charge on any atom is -0.490 e. The third-order valence-electron chi connectivity index (χ3n) is 3.95. The summed E-state index contributed by atoms with van der Waals surface area (Å²) in [6.45, 7) is -1.12. The molecule has 0 spiro atoms. The zero-order chi connectivity index (χ0) is 23.2. The Morgan fingerprint density at radius 3 is 2.48 bits per heavy atom. The Bertz CT molecular complexity index is 909. The molecular weight excluding hydrogens is 447 g/mol. The van der Waals surface area contributed by atoms with Crippen molar-refractivity contribution in [2.45, 2.75) is 26.3 Å². The van der Waals surface area contributed by atoms with Gasteiger partial charge in [0.05, 0.1) is 24.4 Å². The van der Waals surface area contributed by atoms with Crippen molar-refractivity contribution in [1.82, 2.24) is 4.90 Å². The lowest BCUT2D eigenvalue weighted by molar-refractivity contribution is -0.137. The second kappa shape index (κ2) is 10.6. The highest BCUT2D eigenvalue weighted by Crippen LogP contribution is 2.36. The van der Waals surface area contributed by atoms with E-state index in [0.29, 0.717) is 5.56 Å². The summed E-state index contributed by atoms with van der Waals surface area (Å²) in [7, 11) is 1.58. The predicted octanol–water partition coefficient (Wildman–Crippen LogP) is 5.43. The van der Waals surface area contributed by atoms with Crippen molar-refractivity contribution in [3.8, 4) is 11.5 Å². The summed E-state index contributed by atoms with van der Waals surface area (Å²) in [5.74, 6) is -0.671. The number of carbonyl (C=O) groups is 1. The van der Waals surface area contributed by atoms with Crippen molar-refractivity contribution in [3.05, 3.63) is 52.5 Å². The Hall–Kier alpha value is -2.59. The number of nitrogens with zero attached hydrogens (tertiary/aromatic N) is 1. The maximum atomic E-state index is 13.2. The van der Waals surface area contributed by atoms with Crippen LogP contribution in [0.25, 0.3) is 0 Å². The second-order valence-electron chi connectivity index (χ2n) is 6.50. The molecule has 0 saturated heterocycles. The Balaban J connectivity index is 2.05. The van der Waals surface area contributed by atoms with Crippen molar-refractivity contribution in [2.75, 3.05) is 25.5 Å². The summed E-state index contributed by atoms with van der Waals surface area (Å²) < 4.78 is 74.1. The van der Waals surface area contributed by atoms with Crippen molar-refractivity contribution < 1.29 is 36.2 Å². The fraction of sp³-hybridized carbons (Fsp3) is 0.350. The van der Waals surface area contributed by atoms with Crippen LogP contribution >= 0.6 is 11.6 Å². The molecule has 0 fully saturated rings. The molecular formula is C20H20ClF5N2O3. The normalized spacial score (nSPS) is 11.7. The number of rotatable bonds is 9. The maximum Gasteiger partial charge on any atom is 0.418 e. The van der Waals surface area contributed by atoms with Gasteiger partial charge in [-0.15, -0.1) is 0 Å². The van der Waals surface area contributed by atoms with Gasteiger partial charge in [0.25, 0.3) is 0 Å². The van der Waals surface area contributed by atoms with Gasteiger partial charge in [0.15, 0.2) is 11.5 Å². The second-order valence-corrected chi connectivity index (χ2v) is 6.94. The van der Waals surface area contributed by atoms with Gasteiger partial charge in [-0.1, -0.05) is 17.7 Å². The highest BCUT2D eigenvalue weighted by atomic mass is 35.5. The van der Waals surface area contributed by atoms with E-state index in [4.69, 9.17) is 16.3 Å². The quantitative estimate of drug-likeness (QED) is 0.501. The number of hydrogen-bond donors (Lipinski definition) is 1. The molecule has 0 aromatic heterocycles. The van der Waals surface area contributed by atoms with E-state index < -0.39 is 29.9 Å². The van der Waals surface area contributed by atoms with Crippen LogP contribution in [0.2, 0.25) is 5.02 Å². The number of ether oxygens (including phenoxy) is 2. The van der Waals surface area contributed by atoms with Gasteiger partial charge in [-0.25, -0.2) is 0 Å². The molecule has 0 radical (unpaired) electrons. The van der Waals surface area contributed by atoms with Crippen molar-refractivity contribution >= 4 is 23.2 Å². The van der Waals surface area contributed by atoms with E-state index in [1.54, 1.807) is 14.0 Å². The fourth-order valence-corrected chi connectivity index (χ4v) is 2.95. The molecule has 2 aromatic rings. The van der Waals surface area contributed by atoms with Crippen LogP contribution in [0.5, 0.6) is 11.5 Å². The third-order valence-corrected chi connectivity index (χ3v) is 4.19. The first-order valence-corrected chi connectivity index (χ1v) is 9.43. The third kappa shape index (κ3) is 7.55. The van der Waals surface area contributed by atoms with Crippen LogP contribution in [0, 0.1) is 0 Å². The highest BCUT2D eigenvalue weighted by Gasteiger charge is 2.34. The minimum absolute atomic E-state index is 0.105. The number of anilines is 1. The molecule has 0 aliphatic heterocycles. The van der Waals surface area contributed by atoms with Crippen molar-refractivity contribution in [1.29, 1.82) is 0 Å². The highest BCUT2D eigenvalue weighted by molar-refractivity contribution is 6.30. The number of carbonyl (C=O) groups excluding carboxylic acids is 1. The molecule has 0 saturated carbocycles.